The Kier molecular flexibility index (Phi) is 3.08. The van der Waals surface area contributed by atoms with Crippen LogP contribution in [0.15, 0.2) is 42.1 Å². The molecule has 0 spiro atoms. The molecule has 0 radical (unpaired) electrons. The summed E-state index contributed by atoms with van der Waals surface area (Å²) < 4.78 is 0. The van der Waals surface area contributed by atoms with Gasteiger partial charge in [-0.05, 0) is 17.3 Å². The third kappa shape index (κ3) is 2.23. The van der Waals surface area contributed by atoms with Crippen LogP contribution in [0.25, 0.3) is 0 Å². The Morgan fingerprint density at radius 1 is 1.33 bits per heavy atom. The number of nitrogens with two attached hydrogens (primary N) is 1. The fourth-order valence-corrected chi connectivity index (χ4v) is 0.990. The van der Waals surface area contributed by atoms with Gasteiger partial charge in [0.15, 0.2) is 0 Å². The molecule has 62 valence electrons. The molecule has 0 aliphatic rings. The van der Waals surface area contributed by atoms with E-state index in [-0.39, 0.29) is 0 Å². The van der Waals surface area contributed by atoms with Gasteiger partial charge in [-0.3, -0.25) is 0 Å². The maximum atomic E-state index is 7.04. The molecule has 0 aromatic heterocycles. The molecule has 0 saturated heterocycles. The highest BCUT2D eigenvalue weighted by Gasteiger charge is 1.93. The first kappa shape index (κ1) is 8.53. The summed E-state index contributed by atoms with van der Waals surface area (Å²) in [4.78, 5) is 0. The van der Waals surface area contributed by atoms with Crippen molar-refractivity contribution < 1.29 is 0 Å². The van der Waals surface area contributed by atoms with E-state index in [0.29, 0.717) is 0 Å². The highest BCUT2D eigenvalue weighted by atomic mass is 14.5. The zero-order valence-electron chi connectivity index (χ0n) is 6.83. The molecule has 0 fully saturated rings. The highest BCUT2D eigenvalue weighted by molar-refractivity contribution is 5.76. The van der Waals surface area contributed by atoms with Crippen molar-refractivity contribution in [2.24, 2.45) is 5.73 Å². The van der Waals surface area contributed by atoms with Gasteiger partial charge in [0, 0.05) is 12.6 Å². The Morgan fingerprint density at radius 3 is 2.50 bits per heavy atom. The average molecular weight is 160 g/mol. The van der Waals surface area contributed by atoms with Gasteiger partial charge in [0.1, 0.15) is 0 Å². The molecule has 3 N–H and O–H groups in total. The standard InChI is InChI=1S/C10H12N2/c11-7-10(8-12)6-9-4-2-1-3-5-9/h1-5,7-8,11H,6,12H2/b10-8-,11-7?. The molecule has 0 unspecified atom stereocenters. The Morgan fingerprint density at radius 2 is 2.00 bits per heavy atom. The Bertz CT molecular complexity index is 275. The first-order valence-electron chi connectivity index (χ1n) is 3.82. The second-order valence-corrected chi connectivity index (χ2v) is 2.55. The maximum absolute atomic E-state index is 7.04. The fourth-order valence-electron chi connectivity index (χ4n) is 0.990. The molecule has 0 saturated carbocycles. The monoisotopic (exact) mass is 160 g/mol. The minimum Gasteiger partial charge on any atom is -0.404 e. The van der Waals surface area contributed by atoms with Gasteiger partial charge >= 0.3 is 0 Å². The predicted molar refractivity (Wildman–Crippen MR) is 51.2 cm³/mol. The largest absolute Gasteiger partial charge is 0.404 e. The fraction of sp³-hybridized carbons (Fsp3) is 0.100. The van der Waals surface area contributed by atoms with Crippen LogP contribution < -0.4 is 5.73 Å². The summed E-state index contributed by atoms with van der Waals surface area (Å²) in [6.07, 6.45) is 3.49. The minimum absolute atomic E-state index is 0.737. The van der Waals surface area contributed by atoms with E-state index in [0.717, 1.165) is 12.0 Å². The third-order valence-electron chi connectivity index (χ3n) is 1.65. The molecular formula is C10H12N2. The molecule has 0 bridgehead atoms. The molecule has 0 aliphatic carbocycles. The summed E-state index contributed by atoms with van der Waals surface area (Å²) >= 11 is 0. The van der Waals surface area contributed by atoms with Crippen molar-refractivity contribution in [3.8, 4) is 0 Å². The number of hydrogen-bond donors (Lipinski definition) is 2. The molecule has 1 aromatic carbocycles. The Balaban J connectivity index is 2.70. The van der Waals surface area contributed by atoms with E-state index in [9.17, 15) is 0 Å². The average Bonchev–Trinajstić information content (AvgIpc) is 2.16. The lowest BCUT2D eigenvalue weighted by Gasteiger charge is -1.99. The lowest BCUT2D eigenvalue weighted by molar-refractivity contribution is 1.21. The Hall–Kier alpha value is -1.57. The zero-order chi connectivity index (χ0) is 8.81. The van der Waals surface area contributed by atoms with E-state index in [2.05, 4.69) is 0 Å². The summed E-state index contributed by atoms with van der Waals surface area (Å²) in [5.41, 5.74) is 7.33. The summed E-state index contributed by atoms with van der Waals surface area (Å²) in [5.74, 6) is 0. The van der Waals surface area contributed by atoms with Gasteiger partial charge < -0.3 is 11.1 Å². The second-order valence-electron chi connectivity index (χ2n) is 2.55. The van der Waals surface area contributed by atoms with Crippen molar-refractivity contribution >= 4 is 6.21 Å². The van der Waals surface area contributed by atoms with E-state index in [1.54, 1.807) is 0 Å². The molecule has 2 nitrogen and oxygen atoms in total. The number of hydrogen-bond acceptors (Lipinski definition) is 2. The van der Waals surface area contributed by atoms with E-state index in [1.807, 2.05) is 30.3 Å². The Labute approximate surface area is 72.2 Å². The van der Waals surface area contributed by atoms with Crippen LogP contribution in [0, 0.1) is 5.41 Å². The first-order valence-corrected chi connectivity index (χ1v) is 3.82. The molecule has 0 atom stereocenters. The summed E-state index contributed by atoms with van der Waals surface area (Å²) in [6.45, 7) is 0. The normalized spacial score (nSPS) is 11.2. The predicted octanol–water partition coefficient (Wildman–Crippen LogP) is 1.72. The summed E-state index contributed by atoms with van der Waals surface area (Å²) in [7, 11) is 0. The van der Waals surface area contributed by atoms with Crippen LogP contribution in [-0.2, 0) is 6.42 Å². The van der Waals surface area contributed by atoms with Crippen molar-refractivity contribution in [2.45, 2.75) is 6.42 Å². The molecule has 0 amide bonds. The smallest absolute Gasteiger partial charge is 0.0227 e. The first-order chi connectivity index (χ1) is 5.86. The minimum atomic E-state index is 0.737. The topological polar surface area (TPSA) is 49.9 Å². The van der Waals surface area contributed by atoms with Crippen molar-refractivity contribution in [1.29, 1.82) is 5.41 Å². The van der Waals surface area contributed by atoms with E-state index in [4.69, 9.17) is 11.1 Å². The molecule has 0 heterocycles. The van der Waals surface area contributed by atoms with Crippen LogP contribution in [0.2, 0.25) is 0 Å². The van der Waals surface area contributed by atoms with Crippen LogP contribution in [0.5, 0.6) is 0 Å². The van der Waals surface area contributed by atoms with Crippen molar-refractivity contribution in [3.63, 3.8) is 0 Å². The second kappa shape index (κ2) is 4.34. The van der Waals surface area contributed by atoms with Crippen LogP contribution in [0.1, 0.15) is 5.56 Å². The van der Waals surface area contributed by atoms with E-state index >= 15 is 0 Å². The van der Waals surface area contributed by atoms with Gasteiger partial charge in [-0.2, -0.15) is 0 Å². The quantitative estimate of drug-likeness (QED) is 0.650. The number of benzene rings is 1. The molecule has 12 heavy (non-hydrogen) atoms. The maximum Gasteiger partial charge on any atom is 0.0227 e. The molecule has 1 aromatic rings. The van der Waals surface area contributed by atoms with Crippen LogP contribution in [0.3, 0.4) is 0 Å². The van der Waals surface area contributed by atoms with Crippen molar-refractivity contribution in [3.05, 3.63) is 47.7 Å². The van der Waals surface area contributed by atoms with E-state index in [1.165, 1.54) is 18.0 Å². The van der Waals surface area contributed by atoms with Gasteiger partial charge in [-0.25, -0.2) is 0 Å². The molecule has 0 aliphatic heterocycles. The summed E-state index contributed by atoms with van der Waals surface area (Å²) in [6, 6.07) is 9.97. The van der Waals surface area contributed by atoms with Gasteiger partial charge in [0.05, 0.1) is 0 Å². The molecular weight excluding hydrogens is 148 g/mol. The van der Waals surface area contributed by atoms with Crippen molar-refractivity contribution in [2.75, 3.05) is 0 Å². The summed E-state index contributed by atoms with van der Waals surface area (Å²) in [5, 5.41) is 7.04. The number of allylic oxidation sites excluding steroid dienone is 1. The van der Waals surface area contributed by atoms with Crippen molar-refractivity contribution in [1.82, 2.24) is 0 Å². The van der Waals surface area contributed by atoms with Crippen LogP contribution >= 0.6 is 0 Å². The SMILES string of the molecule is N=C/C(=C\N)Cc1ccccc1. The highest BCUT2D eigenvalue weighted by Crippen LogP contribution is 2.04. The third-order valence-corrected chi connectivity index (χ3v) is 1.65. The van der Waals surface area contributed by atoms with Gasteiger partial charge in [0.25, 0.3) is 0 Å². The van der Waals surface area contributed by atoms with Gasteiger partial charge in [-0.1, -0.05) is 30.3 Å². The lowest BCUT2D eigenvalue weighted by Crippen LogP contribution is -1.94. The zero-order valence-corrected chi connectivity index (χ0v) is 6.83. The number of nitrogens with one attached hydrogen (secondary N) is 1. The van der Waals surface area contributed by atoms with Crippen LogP contribution in [-0.4, -0.2) is 6.21 Å². The van der Waals surface area contributed by atoms with Crippen LogP contribution in [0.4, 0.5) is 0 Å². The number of rotatable bonds is 3. The van der Waals surface area contributed by atoms with Gasteiger partial charge in [0.2, 0.25) is 0 Å². The lowest BCUT2D eigenvalue weighted by atomic mass is 10.1. The molecule has 2 heteroatoms. The van der Waals surface area contributed by atoms with Gasteiger partial charge in [-0.15, -0.1) is 0 Å². The van der Waals surface area contributed by atoms with E-state index < -0.39 is 0 Å². The molecule has 1 rings (SSSR count).